The lowest BCUT2D eigenvalue weighted by Gasteiger charge is -2.07. The van der Waals surface area contributed by atoms with Gasteiger partial charge in [0.1, 0.15) is 0 Å². The number of aromatic nitrogens is 1. The minimum Gasteiger partial charge on any atom is -0.326 e. The monoisotopic (exact) mass is 242 g/mol. The van der Waals surface area contributed by atoms with Crippen molar-refractivity contribution < 1.29 is 4.79 Å². The molecule has 0 saturated heterocycles. The van der Waals surface area contributed by atoms with E-state index in [4.69, 9.17) is 0 Å². The average molecular weight is 242 g/mol. The van der Waals surface area contributed by atoms with E-state index in [1.54, 1.807) is 0 Å². The summed E-state index contributed by atoms with van der Waals surface area (Å²) in [6.45, 7) is 1.47. The van der Waals surface area contributed by atoms with Crippen LogP contribution in [0.25, 0.3) is 10.9 Å². The Labute approximate surface area is 104 Å². The number of amides is 1. The van der Waals surface area contributed by atoms with Crippen LogP contribution in [0, 0.1) is 0 Å². The predicted octanol–water partition coefficient (Wildman–Crippen LogP) is 1.98. The number of rotatable bonds is 1. The van der Waals surface area contributed by atoms with Crippen LogP contribution < -0.4 is 10.9 Å². The van der Waals surface area contributed by atoms with Crippen molar-refractivity contribution in [2.45, 2.75) is 26.2 Å². The summed E-state index contributed by atoms with van der Waals surface area (Å²) >= 11 is 0. The number of aryl methyl sites for hydroxylation is 1. The Hall–Kier alpha value is -2.10. The lowest BCUT2D eigenvalue weighted by molar-refractivity contribution is -0.114. The fourth-order valence-electron chi connectivity index (χ4n) is 2.68. The van der Waals surface area contributed by atoms with E-state index < -0.39 is 0 Å². The van der Waals surface area contributed by atoms with Gasteiger partial charge in [0.2, 0.25) is 5.91 Å². The molecule has 4 nitrogen and oxygen atoms in total. The molecule has 0 fully saturated rings. The zero-order valence-corrected chi connectivity index (χ0v) is 10.2. The van der Waals surface area contributed by atoms with E-state index in [1.807, 2.05) is 18.2 Å². The molecule has 0 saturated carbocycles. The van der Waals surface area contributed by atoms with Gasteiger partial charge in [0.05, 0.1) is 5.52 Å². The van der Waals surface area contributed by atoms with Crippen LogP contribution in [-0.4, -0.2) is 10.9 Å². The predicted molar refractivity (Wildman–Crippen MR) is 70.9 cm³/mol. The van der Waals surface area contributed by atoms with E-state index in [0.29, 0.717) is 5.69 Å². The maximum atomic E-state index is 11.9. The normalized spacial score (nSPS) is 13.6. The van der Waals surface area contributed by atoms with E-state index in [9.17, 15) is 9.59 Å². The Morgan fingerprint density at radius 1 is 1.28 bits per heavy atom. The van der Waals surface area contributed by atoms with Crippen molar-refractivity contribution in [3.8, 4) is 0 Å². The zero-order valence-electron chi connectivity index (χ0n) is 10.2. The van der Waals surface area contributed by atoms with Crippen molar-refractivity contribution in [3.05, 3.63) is 39.7 Å². The third-order valence-corrected chi connectivity index (χ3v) is 3.41. The number of benzene rings is 1. The van der Waals surface area contributed by atoms with Crippen molar-refractivity contribution in [3.63, 3.8) is 0 Å². The topological polar surface area (TPSA) is 62.0 Å². The van der Waals surface area contributed by atoms with Gasteiger partial charge in [0.25, 0.3) is 5.56 Å². The number of hydrogen-bond acceptors (Lipinski definition) is 2. The minimum absolute atomic E-state index is 0.00924. The standard InChI is InChI=1S/C14H14N2O2/c1-8(17)15-9-5-6-11-10-3-2-4-12(10)14(18)16-13(11)7-9/h5-7H,2-4H2,1H3,(H,15,17)(H,16,18). The average Bonchev–Trinajstić information content (AvgIpc) is 2.77. The summed E-state index contributed by atoms with van der Waals surface area (Å²) in [6, 6.07) is 5.66. The van der Waals surface area contributed by atoms with Crippen molar-refractivity contribution in [2.24, 2.45) is 0 Å². The molecule has 0 bridgehead atoms. The number of fused-ring (bicyclic) bond motifs is 3. The Bertz CT molecular complexity index is 701. The molecule has 0 atom stereocenters. The van der Waals surface area contributed by atoms with Crippen LogP contribution in [0.5, 0.6) is 0 Å². The molecule has 1 aliphatic carbocycles. The molecule has 92 valence electrons. The first-order valence-electron chi connectivity index (χ1n) is 6.10. The van der Waals surface area contributed by atoms with E-state index in [2.05, 4.69) is 10.3 Å². The summed E-state index contributed by atoms with van der Waals surface area (Å²) in [7, 11) is 0. The van der Waals surface area contributed by atoms with Crippen LogP contribution in [-0.2, 0) is 17.6 Å². The SMILES string of the molecule is CC(=O)Nc1ccc2c3c(c(=O)[nH]c2c1)CCC3. The second-order valence-corrected chi connectivity index (χ2v) is 4.71. The van der Waals surface area contributed by atoms with E-state index in [-0.39, 0.29) is 11.5 Å². The van der Waals surface area contributed by atoms with E-state index in [1.165, 1.54) is 12.5 Å². The summed E-state index contributed by atoms with van der Waals surface area (Å²) in [5.74, 6) is -0.113. The molecule has 2 N–H and O–H groups in total. The van der Waals surface area contributed by atoms with Gasteiger partial charge in [-0.1, -0.05) is 6.07 Å². The third-order valence-electron chi connectivity index (χ3n) is 3.41. The lowest BCUT2D eigenvalue weighted by Crippen LogP contribution is -2.13. The summed E-state index contributed by atoms with van der Waals surface area (Å²) in [5, 5.41) is 3.82. The first-order valence-corrected chi connectivity index (χ1v) is 6.10. The van der Waals surface area contributed by atoms with Gasteiger partial charge < -0.3 is 10.3 Å². The number of H-pyrrole nitrogens is 1. The van der Waals surface area contributed by atoms with Gasteiger partial charge in [-0.05, 0) is 37.0 Å². The van der Waals surface area contributed by atoms with Crippen LogP contribution >= 0.6 is 0 Å². The molecule has 18 heavy (non-hydrogen) atoms. The zero-order chi connectivity index (χ0) is 12.7. The van der Waals surface area contributed by atoms with Crippen LogP contribution in [0.2, 0.25) is 0 Å². The first kappa shape index (κ1) is 11.0. The summed E-state index contributed by atoms with van der Waals surface area (Å²) in [6.07, 6.45) is 2.88. The highest BCUT2D eigenvalue weighted by atomic mass is 16.1. The molecular weight excluding hydrogens is 228 g/mol. The number of nitrogens with one attached hydrogen (secondary N) is 2. The highest BCUT2D eigenvalue weighted by Crippen LogP contribution is 2.27. The van der Waals surface area contributed by atoms with Gasteiger partial charge in [-0.2, -0.15) is 0 Å². The van der Waals surface area contributed by atoms with Gasteiger partial charge in [0.15, 0.2) is 0 Å². The summed E-state index contributed by atoms with van der Waals surface area (Å²) < 4.78 is 0. The number of anilines is 1. The fraction of sp³-hybridized carbons (Fsp3) is 0.286. The Morgan fingerprint density at radius 2 is 2.06 bits per heavy atom. The van der Waals surface area contributed by atoms with Gasteiger partial charge >= 0.3 is 0 Å². The maximum Gasteiger partial charge on any atom is 0.251 e. The molecule has 0 radical (unpaired) electrons. The molecular formula is C14H14N2O2. The van der Waals surface area contributed by atoms with Gasteiger partial charge in [-0.15, -0.1) is 0 Å². The summed E-state index contributed by atoms with van der Waals surface area (Å²) in [4.78, 5) is 25.8. The van der Waals surface area contributed by atoms with Crippen molar-refractivity contribution >= 4 is 22.5 Å². The largest absolute Gasteiger partial charge is 0.326 e. The number of carbonyl (C=O) groups is 1. The van der Waals surface area contributed by atoms with Crippen LogP contribution in [0.15, 0.2) is 23.0 Å². The third kappa shape index (κ3) is 1.70. The number of aromatic amines is 1. The second kappa shape index (κ2) is 3.98. The summed E-state index contributed by atoms with van der Waals surface area (Å²) in [5.41, 5.74) is 3.61. The Morgan fingerprint density at radius 3 is 2.83 bits per heavy atom. The van der Waals surface area contributed by atoms with Crippen molar-refractivity contribution in [1.82, 2.24) is 4.98 Å². The molecule has 1 heterocycles. The van der Waals surface area contributed by atoms with E-state index in [0.717, 1.165) is 35.7 Å². The number of pyridine rings is 1. The molecule has 3 rings (SSSR count). The molecule has 1 aromatic heterocycles. The molecule has 0 aliphatic heterocycles. The molecule has 4 heteroatoms. The molecule has 2 aromatic rings. The van der Waals surface area contributed by atoms with Gasteiger partial charge in [-0.25, -0.2) is 0 Å². The molecule has 1 aromatic carbocycles. The smallest absolute Gasteiger partial charge is 0.251 e. The molecule has 1 amide bonds. The fourth-order valence-corrected chi connectivity index (χ4v) is 2.68. The Kier molecular flexibility index (Phi) is 2.44. The highest BCUT2D eigenvalue weighted by molar-refractivity contribution is 5.93. The Balaban J connectivity index is 2.21. The van der Waals surface area contributed by atoms with Crippen molar-refractivity contribution in [2.75, 3.05) is 5.32 Å². The molecule has 1 aliphatic rings. The van der Waals surface area contributed by atoms with Crippen molar-refractivity contribution in [1.29, 1.82) is 0 Å². The second-order valence-electron chi connectivity index (χ2n) is 4.71. The van der Waals surface area contributed by atoms with Crippen LogP contribution in [0.3, 0.4) is 0 Å². The molecule has 0 spiro atoms. The highest BCUT2D eigenvalue weighted by Gasteiger charge is 2.17. The number of hydrogen-bond donors (Lipinski definition) is 2. The lowest BCUT2D eigenvalue weighted by atomic mass is 10.1. The quantitative estimate of drug-likeness (QED) is 0.803. The first-order chi connectivity index (χ1) is 8.65. The maximum absolute atomic E-state index is 11.9. The minimum atomic E-state index is -0.113. The van der Waals surface area contributed by atoms with E-state index >= 15 is 0 Å². The van der Waals surface area contributed by atoms with Crippen LogP contribution in [0.1, 0.15) is 24.5 Å². The van der Waals surface area contributed by atoms with Gasteiger partial charge in [0, 0.05) is 23.6 Å². The van der Waals surface area contributed by atoms with Crippen LogP contribution in [0.4, 0.5) is 5.69 Å². The number of carbonyl (C=O) groups excluding carboxylic acids is 1. The molecule has 0 unspecified atom stereocenters. The van der Waals surface area contributed by atoms with Gasteiger partial charge in [-0.3, -0.25) is 9.59 Å².